The predicted molar refractivity (Wildman–Crippen MR) is 121 cm³/mol. The number of anilines is 3. The summed E-state index contributed by atoms with van der Waals surface area (Å²) < 4.78 is 39.3. The monoisotopic (exact) mass is 472 g/mol. The summed E-state index contributed by atoms with van der Waals surface area (Å²) in [4.78, 5) is 11.3. The lowest BCUT2D eigenvalue weighted by Crippen LogP contribution is -2.30. The average molecular weight is 473 g/mol. The first-order valence-electron chi connectivity index (χ1n) is 9.33. The van der Waals surface area contributed by atoms with Gasteiger partial charge in [-0.25, -0.2) is 9.97 Å². The molecule has 0 amide bonds. The Labute approximate surface area is 188 Å². The van der Waals surface area contributed by atoms with Crippen LogP contribution in [-0.4, -0.2) is 36.1 Å². The molecule has 5 N–H and O–H groups in total. The minimum Gasteiger partial charge on any atom is -0.398 e. The molecule has 11 heteroatoms. The fourth-order valence-corrected chi connectivity index (χ4v) is 3.90. The zero-order valence-corrected chi connectivity index (χ0v) is 18.1. The Balaban J connectivity index is 0.00000272. The normalized spacial score (nSPS) is 16.5. The Bertz CT molecular complexity index is 1100. The molecule has 1 aliphatic heterocycles. The van der Waals surface area contributed by atoms with Gasteiger partial charge in [0.2, 0.25) is 0 Å². The fourth-order valence-electron chi connectivity index (χ4n) is 3.74. The number of hydrogen-bond acceptors (Lipinski definition) is 6. The van der Waals surface area contributed by atoms with Crippen molar-refractivity contribution in [2.45, 2.75) is 18.6 Å². The van der Waals surface area contributed by atoms with Crippen LogP contribution in [0.1, 0.15) is 12.0 Å². The van der Waals surface area contributed by atoms with E-state index in [-0.39, 0.29) is 35.2 Å². The first-order valence-corrected chi connectivity index (χ1v) is 9.71. The van der Waals surface area contributed by atoms with Crippen LogP contribution in [0.4, 0.5) is 30.4 Å². The van der Waals surface area contributed by atoms with E-state index in [0.29, 0.717) is 22.4 Å². The molecule has 31 heavy (non-hydrogen) atoms. The molecule has 1 saturated heterocycles. The Morgan fingerprint density at radius 3 is 2.39 bits per heavy atom. The number of nitrogen functional groups attached to an aromatic ring is 2. The number of fused-ring (bicyclic) bond motifs is 1. The van der Waals surface area contributed by atoms with Crippen LogP contribution in [0.5, 0.6) is 0 Å². The van der Waals surface area contributed by atoms with Crippen molar-refractivity contribution in [1.82, 2.24) is 15.3 Å². The Morgan fingerprint density at radius 1 is 1.13 bits per heavy atom. The molecule has 0 bridgehead atoms. The van der Waals surface area contributed by atoms with Crippen LogP contribution in [0.25, 0.3) is 22.3 Å². The first-order chi connectivity index (χ1) is 14.2. The lowest BCUT2D eigenvalue weighted by atomic mass is 10.0. The minimum atomic E-state index is -4.55. The van der Waals surface area contributed by atoms with E-state index in [1.54, 1.807) is 12.1 Å². The van der Waals surface area contributed by atoms with Crippen molar-refractivity contribution in [1.29, 1.82) is 0 Å². The molecule has 3 aromatic rings. The number of halogens is 5. The summed E-state index contributed by atoms with van der Waals surface area (Å²) in [7, 11) is 1.90. The topological polar surface area (TPSA) is 93.1 Å². The summed E-state index contributed by atoms with van der Waals surface area (Å²) >= 11 is 6.15. The Hall–Kier alpha value is -2.49. The van der Waals surface area contributed by atoms with Gasteiger partial charge in [0.25, 0.3) is 0 Å². The molecule has 2 heterocycles. The van der Waals surface area contributed by atoms with Crippen molar-refractivity contribution < 1.29 is 13.2 Å². The third-order valence-electron chi connectivity index (χ3n) is 5.29. The number of likely N-dealkylation sites (N-methyl/N-ethyl adjacent to an activating group) is 1. The third-order valence-corrected chi connectivity index (χ3v) is 5.52. The van der Waals surface area contributed by atoms with Crippen LogP contribution < -0.4 is 21.7 Å². The van der Waals surface area contributed by atoms with Crippen LogP contribution in [0.15, 0.2) is 30.3 Å². The second-order valence-corrected chi connectivity index (χ2v) is 7.72. The summed E-state index contributed by atoms with van der Waals surface area (Å²) in [5.74, 6) is 0.833. The van der Waals surface area contributed by atoms with Crippen molar-refractivity contribution in [3.63, 3.8) is 0 Å². The summed E-state index contributed by atoms with van der Waals surface area (Å²) in [6, 6.07) is 7.29. The summed E-state index contributed by atoms with van der Waals surface area (Å²) in [5.41, 5.74) is 11.5. The predicted octanol–water partition coefficient (Wildman–Crippen LogP) is 4.35. The number of rotatable bonds is 3. The number of alkyl halides is 3. The second kappa shape index (κ2) is 8.57. The first kappa shape index (κ1) is 23.2. The molecule has 1 unspecified atom stereocenters. The molecule has 1 atom stereocenters. The lowest BCUT2D eigenvalue weighted by Gasteiger charge is -2.21. The molecule has 1 aliphatic rings. The quantitative estimate of drug-likeness (QED) is 0.490. The van der Waals surface area contributed by atoms with Crippen molar-refractivity contribution in [2.75, 3.05) is 36.5 Å². The Kier molecular flexibility index (Phi) is 6.40. The van der Waals surface area contributed by atoms with Gasteiger partial charge in [-0.15, -0.1) is 12.4 Å². The highest BCUT2D eigenvalue weighted by molar-refractivity contribution is 6.31. The molecule has 2 aromatic carbocycles. The molecular weight excluding hydrogens is 452 g/mol. The smallest absolute Gasteiger partial charge is 0.398 e. The zero-order valence-electron chi connectivity index (χ0n) is 16.5. The van der Waals surface area contributed by atoms with E-state index in [1.807, 2.05) is 13.1 Å². The highest BCUT2D eigenvalue weighted by Gasteiger charge is 2.32. The molecule has 1 aromatic heterocycles. The molecule has 4 rings (SSSR count). The van der Waals surface area contributed by atoms with E-state index >= 15 is 0 Å². The molecule has 0 saturated carbocycles. The molecular formula is C20H21Cl2F3N6. The number of benzene rings is 2. The molecule has 0 aliphatic carbocycles. The van der Waals surface area contributed by atoms with Gasteiger partial charge in [0, 0.05) is 40.9 Å². The number of hydrogen-bond donors (Lipinski definition) is 3. The maximum atomic E-state index is 13.1. The summed E-state index contributed by atoms with van der Waals surface area (Å²) in [6.07, 6.45) is -3.61. The number of aromatic nitrogens is 2. The van der Waals surface area contributed by atoms with Gasteiger partial charge >= 0.3 is 6.18 Å². The average Bonchev–Trinajstić information content (AvgIpc) is 3.15. The number of nitrogens with zero attached hydrogens (tertiary/aromatic N) is 3. The van der Waals surface area contributed by atoms with Gasteiger partial charge < -0.3 is 21.7 Å². The minimum absolute atomic E-state index is 0. The lowest BCUT2D eigenvalue weighted by molar-refractivity contribution is -0.137. The van der Waals surface area contributed by atoms with E-state index in [0.717, 1.165) is 37.0 Å². The third kappa shape index (κ3) is 4.44. The van der Waals surface area contributed by atoms with Gasteiger partial charge in [0.15, 0.2) is 5.82 Å². The van der Waals surface area contributed by atoms with E-state index < -0.39 is 11.7 Å². The molecule has 0 spiro atoms. The molecule has 166 valence electrons. The van der Waals surface area contributed by atoms with Crippen molar-refractivity contribution in [2.24, 2.45) is 0 Å². The summed E-state index contributed by atoms with van der Waals surface area (Å²) in [5, 5.41) is 4.54. The zero-order chi connectivity index (χ0) is 21.6. The van der Waals surface area contributed by atoms with Crippen molar-refractivity contribution >= 4 is 52.1 Å². The molecule has 6 nitrogen and oxygen atoms in total. The van der Waals surface area contributed by atoms with E-state index in [1.165, 1.54) is 0 Å². The van der Waals surface area contributed by atoms with Crippen LogP contribution in [0, 0.1) is 0 Å². The van der Waals surface area contributed by atoms with Gasteiger partial charge in [0.1, 0.15) is 5.82 Å². The largest absolute Gasteiger partial charge is 0.416 e. The van der Waals surface area contributed by atoms with Crippen molar-refractivity contribution in [3.05, 3.63) is 40.9 Å². The van der Waals surface area contributed by atoms with E-state index in [2.05, 4.69) is 20.2 Å². The van der Waals surface area contributed by atoms with Gasteiger partial charge in [-0.05, 0) is 43.8 Å². The maximum absolute atomic E-state index is 13.1. The van der Waals surface area contributed by atoms with E-state index in [4.69, 9.17) is 23.1 Å². The maximum Gasteiger partial charge on any atom is 0.416 e. The van der Waals surface area contributed by atoms with E-state index in [9.17, 15) is 13.2 Å². The van der Waals surface area contributed by atoms with Gasteiger partial charge in [0.05, 0.1) is 16.6 Å². The number of nitrogens with two attached hydrogens (primary N) is 2. The fraction of sp³-hybridized carbons (Fsp3) is 0.300. The number of nitrogens with one attached hydrogen (secondary N) is 1. The van der Waals surface area contributed by atoms with Gasteiger partial charge in [-0.2, -0.15) is 13.2 Å². The van der Waals surface area contributed by atoms with Crippen molar-refractivity contribution in [3.8, 4) is 11.4 Å². The van der Waals surface area contributed by atoms with Gasteiger partial charge in [-0.3, -0.25) is 0 Å². The van der Waals surface area contributed by atoms with Crippen LogP contribution in [-0.2, 0) is 6.18 Å². The molecule has 0 radical (unpaired) electrons. The SMILES string of the molecule is CNC1CCN(c2nc(-c3c(N)cc(C(F)(F)F)cc3N)nc3cc(Cl)ccc23)C1.Cl. The van der Waals surface area contributed by atoms with Crippen LogP contribution in [0.3, 0.4) is 0 Å². The van der Waals surface area contributed by atoms with Gasteiger partial charge in [-0.1, -0.05) is 11.6 Å². The summed E-state index contributed by atoms with van der Waals surface area (Å²) in [6.45, 7) is 1.51. The second-order valence-electron chi connectivity index (χ2n) is 7.28. The highest BCUT2D eigenvalue weighted by atomic mass is 35.5. The highest BCUT2D eigenvalue weighted by Crippen LogP contribution is 2.39. The van der Waals surface area contributed by atoms with Crippen LogP contribution in [0.2, 0.25) is 5.02 Å². The Morgan fingerprint density at radius 2 is 1.81 bits per heavy atom. The van der Waals surface area contributed by atoms with Crippen LogP contribution >= 0.6 is 24.0 Å². The standard InChI is InChI=1S/C20H20ClF3N6.ClH/c1-27-12-4-5-30(9-12)19-13-3-2-11(21)8-16(13)28-18(29-19)17-14(25)6-10(7-15(17)26)20(22,23)24;/h2-3,6-8,12,27H,4-5,9,25-26H2,1H3;1H. The molecule has 1 fully saturated rings.